The summed E-state index contributed by atoms with van der Waals surface area (Å²) in [4.78, 5) is 11.9. The largest absolute Gasteiger partial charge is 0.416 e. The maximum Gasteiger partial charge on any atom is 0.416 e. The van der Waals surface area contributed by atoms with Gasteiger partial charge in [0.15, 0.2) is 0 Å². The van der Waals surface area contributed by atoms with Crippen molar-refractivity contribution in [3.05, 3.63) is 29.8 Å². The molecule has 1 amide bonds. The number of nitrogens with one attached hydrogen (secondary N) is 1. The lowest BCUT2D eigenvalue weighted by Crippen LogP contribution is -2.26. The highest BCUT2D eigenvalue weighted by atomic mass is 35.5. The molecule has 8 heteroatoms. The van der Waals surface area contributed by atoms with Gasteiger partial charge in [-0.25, -0.2) is 0 Å². The second-order valence-electron chi connectivity index (χ2n) is 4.16. The molecule has 0 saturated heterocycles. The van der Waals surface area contributed by atoms with Gasteiger partial charge >= 0.3 is 6.18 Å². The van der Waals surface area contributed by atoms with Crippen LogP contribution in [0.5, 0.6) is 0 Å². The highest BCUT2D eigenvalue weighted by molar-refractivity contribution is 8.00. The number of amides is 1. The van der Waals surface area contributed by atoms with E-state index in [-0.39, 0.29) is 24.1 Å². The summed E-state index contributed by atoms with van der Waals surface area (Å²) in [6.45, 7) is 1.12. The first kappa shape index (κ1) is 20.1. The average molecular weight is 343 g/mol. The second-order valence-corrected chi connectivity index (χ2v) is 5.21. The third-order valence-corrected chi connectivity index (χ3v) is 3.48. The van der Waals surface area contributed by atoms with E-state index in [2.05, 4.69) is 5.32 Å². The van der Waals surface area contributed by atoms with Crippen LogP contribution in [0.3, 0.4) is 0 Å². The normalized spacial score (nSPS) is 10.9. The van der Waals surface area contributed by atoms with E-state index in [1.54, 1.807) is 6.07 Å². The fourth-order valence-corrected chi connectivity index (χ4v) is 2.24. The van der Waals surface area contributed by atoms with E-state index in [0.29, 0.717) is 18.0 Å². The van der Waals surface area contributed by atoms with Crippen LogP contribution in [0.25, 0.3) is 0 Å². The highest BCUT2D eigenvalue weighted by Gasteiger charge is 2.30. The molecule has 0 fully saturated rings. The number of hydrogen-bond acceptors (Lipinski definition) is 3. The van der Waals surface area contributed by atoms with Gasteiger partial charge in [-0.15, -0.1) is 24.2 Å². The van der Waals surface area contributed by atoms with Crippen LogP contribution in [0.15, 0.2) is 29.2 Å². The van der Waals surface area contributed by atoms with Gasteiger partial charge < -0.3 is 11.1 Å². The number of rotatable bonds is 7. The average Bonchev–Trinajstić information content (AvgIpc) is 2.41. The number of thioether (sulfide) groups is 1. The van der Waals surface area contributed by atoms with Gasteiger partial charge in [-0.2, -0.15) is 13.2 Å². The first-order valence-corrected chi connectivity index (χ1v) is 7.19. The molecule has 21 heavy (non-hydrogen) atoms. The number of unbranched alkanes of at least 4 members (excludes halogenated alkanes) is 1. The summed E-state index contributed by atoms with van der Waals surface area (Å²) >= 11 is 1.09. The zero-order chi connectivity index (χ0) is 15.0. The van der Waals surface area contributed by atoms with Crippen molar-refractivity contribution in [2.24, 2.45) is 5.73 Å². The van der Waals surface area contributed by atoms with Crippen molar-refractivity contribution in [2.75, 3.05) is 18.8 Å². The maximum absolute atomic E-state index is 12.5. The molecule has 0 aromatic heterocycles. The zero-order valence-electron chi connectivity index (χ0n) is 11.3. The highest BCUT2D eigenvalue weighted by Crippen LogP contribution is 2.31. The van der Waals surface area contributed by atoms with Crippen molar-refractivity contribution >= 4 is 30.1 Å². The van der Waals surface area contributed by atoms with E-state index in [9.17, 15) is 18.0 Å². The minimum Gasteiger partial charge on any atom is -0.355 e. The predicted molar refractivity (Wildman–Crippen MR) is 80.7 cm³/mol. The van der Waals surface area contributed by atoms with Crippen molar-refractivity contribution < 1.29 is 18.0 Å². The maximum atomic E-state index is 12.5. The van der Waals surface area contributed by atoms with E-state index in [4.69, 9.17) is 5.73 Å². The molecule has 0 saturated carbocycles. The van der Waals surface area contributed by atoms with Gasteiger partial charge in [0.05, 0.1) is 11.3 Å². The molecule has 3 nitrogen and oxygen atoms in total. The number of carbonyl (C=O) groups excluding carboxylic acids is 1. The van der Waals surface area contributed by atoms with Gasteiger partial charge in [-0.1, -0.05) is 6.07 Å². The van der Waals surface area contributed by atoms with Gasteiger partial charge in [0, 0.05) is 11.4 Å². The van der Waals surface area contributed by atoms with Crippen molar-refractivity contribution in [3.63, 3.8) is 0 Å². The van der Waals surface area contributed by atoms with E-state index in [1.807, 2.05) is 0 Å². The number of halogens is 4. The monoisotopic (exact) mass is 342 g/mol. The Kier molecular flexibility index (Phi) is 9.48. The summed E-state index contributed by atoms with van der Waals surface area (Å²) in [5.74, 6) is -0.0892. The number of benzene rings is 1. The lowest BCUT2D eigenvalue weighted by Gasteiger charge is -2.08. The Labute approximate surface area is 132 Å². The third-order valence-electron chi connectivity index (χ3n) is 2.48. The SMILES string of the molecule is Cl.NCCCCNC(=O)CSc1cccc(C(F)(F)F)c1. The molecule has 1 aromatic rings. The zero-order valence-corrected chi connectivity index (χ0v) is 12.9. The van der Waals surface area contributed by atoms with Crippen LogP contribution in [-0.2, 0) is 11.0 Å². The lowest BCUT2D eigenvalue weighted by molar-refractivity contribution is -0.137. The van der Waals surface area contributed by atoms with Crippen molar-refractivity contribution in [2.45, 2.75) is 23.9 Å². The van der Waals surface area contributed by atoms with Gasteiger partial charge in [0.1, 0.15) is 0 Å². The molecule has 120 valence electrons. The molecule has 0 bridgehead atoms. The molecule has 0 aliphatic carbocycles. The second kappa shape index (κ2) is 9.92. The van der Waals surface area contributed by atoms with Crippen LogP contribution >= 0.6 is 24.2 Å². The molecule has 0 heterocycles. The molecule has 1 aromatic carbocycles. The Morgan fingerprint density at radius 1 is 1.29 bits per heavy atom. The van der Waals surface area contributed by atoms with Crippen molar-refractivity contribution in [1.82, 2.24) is 5.32 Å². The van der Waals surface area contributed by atoms with Crippen LogP contribution in [0.2, 0.25) is 0 Å². The molecular weight excluding hydrogens is 325 g/mol. The topological polar surface area (TPSA) is 55.1 Å². The number of carbonyl (C=O) groups is 1. The molecular formula is C13H18ClF3N2OS. The Morgan fingerprint density at radius 2 is 2.00 bits per heavy atom. The summed E-state index contributed by atoms with van der Waals surface area (Å²) in [6.07, 6.45) is -2.72. The van der Waals surface area contributed by atoms with Gasteiger partial charge in [0.2, 0.25) is 5.91 Å². The van der Waals surface area contributed by atoms with E-state index in [1.165, 1.54) is 6.07 Å². The van der Waals surface area contributed by atoms with Crippen LogP contribution in [0, 0.1) is 0 Å². The van der Waals surface area contributed by atoms with E-state index >= 15 is 0 Å². The number of alkyl halides is 3. The molecule has 3 N–H and O–H groups in total. The molecule has 0 unspecified atom stereocenters. The quantitative estimate of drug-likeness (QED) is 0.591. The minimum absolute atomic E-state index is 0. The van der Waals surface area contributed by atoms with Crippen LogP contribution in [0.1, 0.15) is 18.4 Å². The predicted octanol–water partition coefficient (Wildman–Crippen LogP) is 3.07. The lowest BCUT2D eigenvalue weighted by atomic mass is 10.2. The molecule has 0 aliphatic heterocycles. The molecule has 0 spiro atoms. The number of hydrogen-bond donors (Lipinski definition) is 2. The molecule has 0 aliphatic rings. The fraction of sp³-hybridized carbons (Fsp3) is 0.462. The van der Waals surface area contributed by atoms with Crippen LogP contribution in [-0.4, -0.2) is 24.7 Å². The Bertz CT molecular complexity index is 444. The van der Waals surface area contributed by atoms with Gasteiger partial charge in [0.25, 0.3) is 0 Å². The summed E-state index contributed by atoms with van der Waals surface area (Å²) in [5.41, 5.74) is 4.62. The molecule has 1 rings (SSSR count). The summed E-state index contributed by atoms with van der Waals surface area (Å²) in [5, 5.41) is 2.70. The first-order valence-electron chi connectivity index (χ1n) is 6.20. The molecule has 0 radical (unpaired) electrons. The van der Waals surface area contributed by atoms with E-state index < -0.39 is 11.7 Å². The Balaban J connectivity index is 0.00000400. The smallest absolute Gasteiger partial charge is 0.355 e. The number of nitrogens with two attached hydrogens (primary N) is 1. The minimum atomic E-state index is -4.36. The summed E-state index contributed by atoms with van der Waals surface area (Å²) < 4.78 is 37.5. The Hall–Kier alpha value is -0.920. The standard InChI is InChI=1S/C13H17F3N2OS.ClH/c14-13(15,16)10-4-3-5-11(8-10)20-9-12(19)18-7-2-1-6-17;/h3-5,8H,1-2,6-7,9,17H2,(H,18,19);1H. The van der Waals surface area contributed by atoms with Crippen LogP contribution < -0.4 is 11.1 Å². The first-order chi connectivity index (χ1) is 9.43. The Morgan fingerprint density at radius 3 is 2.62 bits per heavy atom. The van der Waals surface area contributed by atoms with E-state index in [0.717, 1.165) is 36.7 Å². The molecule has 0 atom stereocenters. The van der Waals surface area contributed by atoms with Gasteiger partial charge in [-0.05, 0) is 37.6 Å². The van der Waals surface area contributed by atoms with Crippen molar-refractivity contribution in [1.29, 1.82) is 0 Å². The summed E-state index contributed by atoms with van der Waals surface area (Å²) in [6, 6.07) is 4.95. The fourth-order valence-electron chi connectivity index (χ4n) is 1.46. The van der Waals surface area contributed by atoms with Crippen molar-refractivity contribution in [3.8, 4) is 0 Å². The third kappa shape index (κ3) is 8.18. The van der Waals surface area contributed by atoms with Crippen LogP contribution in [0.4, 0.5) is 13.2 Å². The van der Waals surface area contributed by atoms with Gasteiger partial charge in [-0.3, -0.25) is 4.79 Å². The summed E-state index contributed by atoms with van der Waals surface area (Å²) in [7, 11) is 0.